The molecule has 0 aromatic heterocycles. The second-order valence-corrected chi connectivity index (χ2v) is 4.78. The first-order valence-electron chi connectivity index (χ1n) is 6.45. The summed E-state index contributed by atoms with van der Waals surface area (Å²) in [7, 11) is 3.20. The second kappa shape index (κ2) is 9.96. The molecule has 0 amide bonds. The highest BCUT2D eigenvalue weighted by Crippen LogP contribution is 2.23. The van der Waals surface area contributed by atoms with E-state index in [4.69, 9.17) is 25.8 Å². The Morgan fingerprint density at radius 3 is 2.75 bits per heavy atom. The molecule has 0 aliphatic heterocycles. The van der Waals surface area contributed by atoms with Crippen LogP contribution in [0.5, 0.6) is 5.75 Å². The summed E-state index contributed by atoms with van der Waals surface area (Å²) in [5.74, 6) is 0.703. The van der Waals surface area contributed by atoms with E-state index in [2.05, 4.69) is 5.32 Å². The lowest BCUT2D eigenvalue weighted by atomic mass is 10.2. The fourth-order valence-corrected chi connectivity index (χ4v) is 1.85. The van der Waals surface area contributed by atoms with E-state index in [1.807, 2.05) is 6.07 Å². The molecule has 114 valence electrons. The molecule has 1 atom stereocenters. The molecule has 1 rings (SSSR count). The standard InChI is InChI=1S/C14H22ClNO4/c1-18-6-5-16-8-11-7-12(15)3-4-14(11)20-10-13(17)9-19-2/h3-4,7,13,16-17H,5-6,8-10H2,1-2H3. The van der Waals surface area contributed by atoms with E-state index in [0.717, 1.165) is 12.1 Å². The summed E-state index contributed by atoms with van der Waals surface area (Å²) >= 11 is 5.99. The maximum Gasteiger partial charge on any atom is 0.124 e. The number of aliphatic hydroxyl groups excluding tert-OH is 1. The van der Waals surface area contributed by atoms with E-state index in [0.29, 0.717) is 23.9 Å². The normalized spacial score (nSPS) is 12.4. The second-order valence-electron chi connectivity index (χ2n) is 4.34. The maximum atomic E-state index is 9.59. The van der Waals surface area contributed by atoms with E-state index in [1.165, 1.54) is 7.11 Å². The third kappa shape index (κ3) is 6.54. The van der Waals surface area contributed by atoms with Gasteiger partial charge in [0.05, 0.1) is 13.2 Å². The molecule has 0 bridgehead atoms. The number of nitrogens with one attached hydrogen (secondary N) is 1. The summed E-state index contributed by atoms with van der Waals surface area (Å²) in [6, 6.07) is 5.41. The molecule has 1 aromatic carbocycles. The molecule has 0 heterocycles. The Morgan fingerprint density at radius 2 is 2.05 bits per heavy atom. The minimum atomic E-state index is -0.648. The summed E-state index contributed by atoms with van der Waals surface area (Å²) < 4.78 is 15.4. The number of benzene rings is 1. The molecular weight excluding hydrogens is 282 g/mol. The first-order valence-corrected chi connectivity index (χ1v) is 6.83. The minimum Gasteiger partial charge on any atom is -0.490 e. The van der Waals surface area contributed by atoms with Crippen molar-refractivity contribution in [2.45, 2.75) is 12.6 Å². The Hall–Kier alpha value is -0.850. The maximum absolute atomic E-state index is 9.59. The Kier molecular flexibility index (Phi) is 8.57. The predicted octanol–water partition coefficient (Wildman–Crippen LogP) is 1.46. The van der Waals surface area contributed by atoms with E-state index in [9.17, 15) is 5.11 Å². The number of hydrogen-bond donors (Lipinski definition) is 2. The van der Waals surface area contributed by atoms with Crippen molar-refractivity contribution in [2.24, 2.45) is 0 Å². The van der Waals surface area contributed by atoms with Crippen LogP contribution < -0.4 is 10.1 Å². The number of halogens is 1. The monoisotopic (exact) mass is 303 g/mol. The molecule has 6 heteroatoms. The highest BCUT2D eigenvalue weighted by molar-refractivity contribution is 6.30. The smallest absolute Gasteiger partial charge is 0.124 e. The largest absolute Gasteiger partial charge is 0.490 e. The molecule has 1 aromatic rings. The van der Waals surface area contributed by atoms with Gasteiger partial charge in [-0.05, 0) is 18.2 Å². The van der Waals surface area contributed by atoms with Gasteiger partial charge < -0.3 is 24.6 Å². The van der Waals surface area contributed by atoms with Gasteiger partial charge in [-0.3, -0.25) is 0 Å². The number of methoxy groups -OCH3 is 2. The van der Waals surface area contributed by atoms with E-state index >= 15 is 0 Å². The SMILES string of the molecule is COCCNCc1cc(Cl)ccc1OCC(O)COC. The highest BCUT2D eigenvalue weighted by atomic mass is 35.5. The van der Waals surface area contributed by atoms with Gasteiger partial charge in [0, 0.05) is 37.9 Å². The lowest BCUT2D eigenvalue weighted by molar-refractivity contribution is 0.0323. The first kappa shape index (κ1) is 17.2. The number of aliphatic hydroxyl groups is 1. The van der Waals surface area contributed by atoms with Crippen molar-refractivity contribution in [1.29, 1.82) is 0 Å². The quantitative estimate of drug-likeness (QED) is 0.641. The number of rotatable bonds is 10. The zero-order chi connectivity index (χ0) is 14.8. The molecule has 0 spiro atoms. The van der Waals surface area contributed by atoms with Gasteiger partial charge in [0.15, 0.2) is 0 Å². The van der Waals surface area contributed by atoms with E-state index in [1.54, 1.807) is 19.2 Å². The van der Waals surface area contributed by atoms with Crippen LogP contribution in [0.15, 0.2) is 18.2 Å². The minimum absolute atomic E-state index is 0.181. The molecule has 0 fully saturated rings. The molecule has 2 N–H and O–H groups in total. The zero-order valence-corrected chi connectivity index (χ0v) is 12.7. The number of hydrogen-bond acceptors (Lipinski definition) is 5. The van der Waals surface area contributed by atoms with Crippen LogP contribution in [0.25, 0.3) is 0 Å². The molecule has 5 nitrogen and oxygen atoms in total. The summed E-state index contributed by atoms with van der Waals surface area (Å²) in [4.78, 5) is 0. The van der Waals surface area contributed by atoms with Crippen molar-refractivity contribution in [1.82, 2.24) is 5.32 Å². The fraction of sp³-hybridized carbons (Fsp3) is 0.571. The Bertz CT molecular complexity index is 389. The van der Waals surface area contributed by atoms with Gasteiger partial charge in [-0.25, -0.2) is 0 Å². The molecule has 0 saturated heterocycles. The third-order valence-electron chi connectivity index (χ3n) is 2.61. The molecule has 0 saturated carbocycles. The summed E-state index contributed by atoms with van der Waals surface area (Å²) in [6.07, 6.45) is -0.648. The van der Waals surface area contributed by atoms with Gasteiger partial charge in [0.1, 0.15) is 18.5 Å². The first-order chi connectivity index (χ1) is 9.67. The fourth-order valence-electron chi connectivity index (χ4n) is 1.65. The van der Waals surface area contributed by atoms with Gasteiger partial charge in [-0.2, -0.15) is 0 Å². The Labute approximate surface area is 124 Å². The van der Waals surface area contributed by atoms with Crippen molar-refractivity contribution >= 4 is 11.6 Å². The van der Waals surface area contributed by atoms with Crippen LogP contribution in [-0.2, 0) is 16.0 Å². The third-order valence-corrected chi connectivity index (χ3v) is 2.85. The van der Waals surface area contributed by atoms with Crippen molar-refractivity contribution in [2.75, 3.05) is 40.6 Å². The van der Waals surface area contributed by atoms with Crippen LogP contribution in [0.2, 0.25) is 5.02 Å². The molecule has 20 heavy (non-hydrogen) atoms. The number of ether oxygens (including phenoxy) is 3. The Morgan fingerprint density at radius 1 is 1.25 bits per heavy atom. The molecule has 0 radical (unpaired) electrons. The van der Waals surface area contributed by atoms with Crippen molar-refractivity contribution < 1.29 is 19.3 Å². The topological polar surface area (TPSA) is 60.0 Å². The van der Waals surface area contributed by atoms with Crippen molar-refractivity contribution in [3.8, 4) is 5.75 Å². The van der Waals surface area contributed by atoms with Gasteiger partial charge in [-0.1, -0.05) is 11.6 Å². The summed E-state index contributed by atoms with van der Waals surface area (Å²) in [5.41, 5.74) is 0.943. The van der Waals surface area contributed by atoms with Crippen molar-refractivity contribution in [3.05, 3.63) is 28.8 Å². The van der Waals surface area contributed by atoms with Crippen LogP contribution >= 0.6 is 11.6 Å². The van der Waals surface area contributed by atoms with Crippen LogP contribution in [0.3, 0.4) is 0 Å². The van der Waals surface area contributed by atoms with Crippen LogP contribution in [0.1, 0.15) is 5.56 Å². The van der Waals surface area contributed by atoms with Gasteiger partial charge >= 0.3 is 0 Å². The predicted molar refractivity (Wildman–Crippen MR) is 78.4 cm³/mol. The lowest BCUT2D eigenvalue weighted by Gasteiger charge is -2.15. The Balaban J connectivity index is 2.55. The van der Waals surface area contributed by atoms with E-state index < -0.39 is 6.10 Å². The van der Waals surface area contributed by atoms with Crippen LogP contribution in [0, 0.1) is 0 Å². The average Bonchev–Trinajstić information content (AvgIpc) is 2.43. The lowest BCUT2D eigenvalue weighted by Crippen LogP contribution is -2.23. The molecule has 1 unspecified atom stereocenters. The molecular formula is C14H22ClNO4. The van der Waals surface area contributed by atoms with E-state index in [-0.39, 0.29) is 13.2 Å². The van der Waals surface area contributed by atoms with Crippen LogP contribution in [0.4, 0.5) is 0 Å². The summed E-state index contributed by atoms with van der Waals surface area (Å²) in [5, 5.41) is 13.5. The van der Waals surface area contributed by atoms with Crippen LogP contribution in [-0.4, -0.2) is 51.8 Å². The molecule has 0 aliphatic rings. The van der Waals surface area contributed by atoms with Crippen molar-refractivity contribution in [3.63, 3.8) is 0 Å². The zero-order valence-electron chi connectivity index (χ0n) is 11.9. The average molecular weight is 304 g/mol. The highest BCUT2D eigenvalue weighted by Gasteiger charge is 2.08. The summed E-state index contributed by atoms with van der Waals surface area (Å²) in [6.45, 7) is 2.44. The van der Waals surface area contributed by atoms with Gasteiger partial charge in [0.25, 0.3) is 0 Å². The van der Waals surface area contributed by atoms with Gasteiger partial charge in [0.2, 0.25) is 0 Å². The van der Waals surface area contributed by atoms with Gasteiger partial charge in [-0.15, -0.1) is 0 Å². The molecule has 0 aliphatic carbocycles.